The van der Waals surface area contributed by atoms with Crippen molar-refractivity contribution in [3.8, 4) is 22.6 Å². The molecule has 3 aromatic rings. The minimum Gasteiger partial charge on any atom is -0.486 e. The van der Waals surface area contributed by atoms with Crippen LogP contribution >= 0.6 is 0 Å². The first-order chi connectivity index (χ1) is 16.0. The number of aryl methyl sites for hydroxylation is 1. The fraction of sp³-hybridized carbons (Fsp3) is 0.357. The summed E-state index contributed by atoms with van der Waals surface area (Å²) in [6.45, 7) is 3.54. The number of rotatable bonds is 8. The van der Waals surface area contributed by atoms with Crippen LogP contribution < -0.4 is 9.47 Å². The molecule has 0 aromatic heterocycles. The van der Waals surface area contributed by atoms with Crippen LogP contribution in [0.1, 0.15) is 51.5 Å². The van der Waals surface area contributed by atoms with Gasteiger partial charge in [-0.25, -0.2) is 0 Å². The van der Waals surface area contributed by atoms with Crippen molar-refractivity contribution in [3.63, 3.8) is 0 Å². The van der Waals surface area contributed by atoms with E-state index in [-0.39, 0.29) is 18.5 Å². The fourth-order valence-corrected chi connectivity index (χ4v) is 4.38. The Bertz CT molecular complexity index is 1140. The Kier molecular flexibility index (Phi) is 7.28. The third-order valence-corrected chi connectivity index (χ3v) is 5.94. The van der Waals surface area contributed by atoms with Gasteiger partial charge in [0.05, 0.1) is 12.7 Å². The molecule has 5 heteroatoms. The third kappa shape index (κ3) is 5.72. The topological polar surface area (TPSA) is 61.8 Å². The maximum absolute atomic E-state index is 11.9. The van der Waals surface area contributed by atoms with E-state index in [9.17, 15) is 9.59 Å². The molecule has 0 atom stereocenters. The van der Waals surface area contributed by atoms with E-state index in [2.05, 4.69) is 30.3 Å². The third-order valence-electron chi connectivity index (χ3n) is 5.94. The second-order valence-electron chi connectivity index (χ2n) is 8.46. The lowest BCUT2D eigenvalue weighted by atomic mass is 9.96. The zero-order valence-corrected chi connectivity index (χ0v) is 19.3. The molecule has 0 aliphatic heterocycles. The fourth-order valence-electron chi connectivity index (χ4n) is 4.38. The Balaban J connectivity index is 1.80. The minimum atomic E-state index is -0.404. The standard InChI is InChI=1S/C28H30O5/c1-3-31-27(30)15-12-20-16-25(23-14-13-21-8-4-5-9-22(21)18-23)28(26(17-20)32-19(2)29)33-24-10-6-7-11-24/h4-5,8-9,13-14,16-18,24H,3,6-7,10-12,15H2,1-2H3. The van der Waals surface area contributed by atoms with Gasteiger partial charge < -0.3 is 14.2 Å². The molecule has 0 unspecified atom stereocenters. The molecule has 33 heavy (non-hydrogen) atoms. The van der Waals surface area contributed by atoms with E-state index in [0.717, 1.165) is 53.1 Å². The summed E-state index contributed by atoms with van der Waals surface area (Å²) in [5.74, 6) is 0.342. The van der Waals surface area contributed by atoms with Gasteiger partial charge in [-0.15, -0.1) is 0 Å². The van der Waals surface area contributed by atoms with E-state index in [0.29, 0.717) is 24.5 Å². The number of esters is 2. The highest BCUT2D eigenvalue weighted by Crippen LogP contribution is 2.42. The van der Waals surface area contributed by atoms with Crippen molar-refractivity contribution in [3.05, 3.63) is 60.2 Å². The van der Waals surface area contributed by atoms with E-state index in [1.54, 1.807) is 6.92 Å². The molecule has 0 bridgehead atoms. The predicted molar refractivity (Wildman–Crippen MR) is 129 cm³/mol. The summed E-state index contributed by atoms with van der Waals surface area (Å²) in [4.78, 5) is 23.9. The molecule has 3 aromatic carbocycles. The molecule has 0 N–H and O–H groups in total. The van der Waals surface area contributed by atoms with Gasteiger partial charge in [0.25, 0.3) is 0 Å². The molecule has 0 amide bonds. The van der Waals surface area contributed by atoms with E-state index in [4.69, 9.17) is 14.2 Å². The van der Waals surface area contributed by atoms with Gasteiger partial charge >= 0.3 is 11.9 Å². The summed E-state index contributed by atoms with van der Waals surface area (Å²) < 4.78 is 17.2. The summed E-state index contributed by atoms with van der Waals surface area (Å²) >= 11 is 0. The van der Waals surface area contributed by atoms with Gasteiger partial charge in [-0.1, -0.05) is 36.4 Å². The van der Waals surface area contributed by atoms with E-state index < -0.39 is 5.97 Å². The van der Waals surface area contributed by atoms with E-state index >= 15 is 0 Å². The van der Waals surface area contributed by atoms with Gasteiger partial charge in [0.1, 0.15) is 0 Å². The summed E-state index contributed by atoms with van der Waals surface area (Å²) in [6.07, 6.45) is 5.09. The van der Waals surface area contributed by atoms with Crippen molar-refractivity contribution in [1.29, 1.82) is 0 Å². The molecule has 1 aliphatic carbocycles. The van der Waals surface area contributed by atoms with Gasteiger partial charge in [0.2, 0.25) is 0 Å². The summed E-state index contributed by atoms with van der Waals surface area (Å²) in [6, 6.07) is 18.3. The molecule has 0 heterocycles. The molecule has 1 fully saturated rings. The van der Waals surface area contributed by atoms with Crippen LogP contribution in [0.4, 0.5) is 0 Å². The number of benzene rings is 3. The maximum Gasteiger partial charge on any atom is 0.308 e. The Morgan fingerprint density at radius 1 is 0.970 bits per heavy atom. The zero-order valence-electron chi connectivity index (χ0n) is 19.3. The number of carbonyl (C=O) groups excluding carboxylic acids is 2. The maximum atomic E-state index is 11.9. The second-order valence-corrected chi connectivity index (χ2v) is 8.46. The number of carbonyl (C=O) groups is 2. The number of fused-ring (bicyclic) bond motifs is 1. The molecule has 1 aliphatic rings. The largest absolute Gasteiger partial charge is 0.486 e. The highest BCUT2D eigenvalue weighted by Gasteiger charge is 2.23. The van der Waals surface area contributed by atoms with Crippen LogP contribution in [-0.2, 0) is 20.7 Å². The second kappa shape index (κ2) is 10.5. The highest BCUT2D eigenvalue weighted by molar-refractivity contribution is 5.89. The zero-order chi connectivity index (χ0) is 23.2. The van der Waals surface area contributed by atoms with Crippen molar-refractivity contribution in [2.45, 2.75) is 58.5 Å². The molecule has 0 saturated heterocycles. The highest BCUT2D eigenvalue weighted by atomic mass is 16.6. The van der Waals surface area contributed by atoms with E-state index in [1.165, 1.54) is 6.92 Å². The number of hydrogen-bond donors (Lipinski definition) is 0. The van der Waals surface area contributed by atoms with Crippen LogP contribution in [0, 0.1) is 0 Å². The predicted octanol–water partition coefficient (Wildman–Crippen LogP) is 6.25. The van der Waals surface area contributed by atoms with Crippen LogP contribution in [0.25, 0.3) is 21.9 Å². The van der Waals surface area contributed by atoms with Crippen molar-refractivity contribution in [2.24, 2.45) is 0 Å². The molecule has 4 rings (SSSR count). The molecule has 0 spiro atoms. The smallest absolute Gasteiger partial charge is 0.308 e. The van der Waals surface area contributed by atoms with Crippen LogP contribution in [0.15, 0.2) is 54.6 Å². The Hall–Kier alpha value is -3.34. The number of ether oxygens (including phenoxy) is 3. The van der Waals surface area contributed by atoms with Crippen LogP contribution in [-0.4, -0.2) is 24.6 Å². The number of hydrogen-bond acceptors (Lipinski definition) is 5. The Morgan fingerprint density at radius 3 is 2.45 bits per heavy atom. The normalized spacial score (nSPS) is 13.8. The lowest BCUT2D eigenvalue weighted by Gasteiger charge is -2.21. The van der Waals surface area contributed by atoms with Gasteiger partial charge in [-0.05, 0) is 79.1 Å². The van der Waals surface area contributed by atoms with Gasteiger partial charge in [0, 0.05) is 18.9 Å². The average molecular weight is 447 g/mol. The van der Waals surface area contributed by atoms with Crippen LogP contribution in [0.3, 0.4) is 0 Å². The van der Waals surface area contributed by atoms with Crippen molar-refractivity contribution < 1.29 is 23.8 Å². The summed E-state index contributed by atoms with van der Waals surface area (Å²) in [5.41, 5.74) is 2.74. The van der Waals surface area contributed by atoms with Gasteiger partial charge in [-0.2, -0.15) is 0 Å². The molecule has 0 radical (unpaired) electrons. The monoisotopic (exact) mass is 446 g/mol. The average Bonchev–Trinajstić information content (AvgIpc) is 3.32. The van der Waals surface area contributed by atoms with E-state index in [1.807, 2.05) is 24.3 Å². The quantitative estimate of drug-likeness (QED) is 0.302. The lowest BCUT2D eigenvalue weighted by molar-refractivity contribution is -0.143. The van der Waals surface area contributed by atoms with Crippen molar-refractivity contribution >= 4 is 22.7 Å². The summed E-state index contributed by atoms with van der Waals surface area (Å²) in [5, 5.41) is 2.27. The van der Waals surface area contributed by atoms with Crippen molar-refractivity contribution in [2.75, 3.05) is 6.61 Å². The SMILES string of the molecule is CCOC(=O)CCc1cc(OC(C)=O)c(OC2CCCC2)c(-c2ccc3ccccc3c2)c1. The minimum absolute atomic E-state index is 0.101. The molecule has 172 valence electrons. The first-order valence-electron chi connectivity index (χ1n) is 11.7. The Morgan fingerprint density at radius 2 is 1.73 bits per heavy atom. The lowest BCUT2D eigenvalue weighted by Crippen LogP contribution is -2.14. The first kappa shape index (κ1) is 22.8. The first-order valence-corrected chi connectivity index (χ1v) is 11.7. The van der Waals surface area contributed by atoms with Crippen LogP contribution in [0.5, 0.6) is 11.5 Å². The van der Waals surface area contributed by atoms with Gasteiger partial charge in [0.15, 0.2) is 11.5 Å². The summed E-state index contributed by atoms with van der Waals surface area (Å²) in [7, 11) is 0. The molecular weight excluding hydrogens is 416 g/mol. The molecular formula is C28H30O5. The molecule has 5 nitrogen and oxygen atoms in total. The molecule has 1 saturated carbocycles. The van der Waals surface area contributed by atoms with Crippen LogP contribution in [0.2, 0.25) is 0 Å². The van der Waals surface area contributed by atoms with Crippen molar-refractivity contribution in [1.82, 2.24) is 0 Å². The van der Waals surface area contributed by atoms with Gasteiger partial charge in [-0.3, -0.25) is 9.59 Å². The Labute approximate surface area is 194 Å².